The van der Waals surface area contributed by atoms with Crippen LogP contribution in [0.4, 0.5) is 18.9 Å². The van der Waals surface area contributed by atoms with Gasteiger partial charge in [0.15, 0.2) is 17.1 Å². The monoisotopic (exact) mass is 510 g/mol. The molecular formula is C23H22ClF3N4O2S. The van der Waals surface area contributed by atoms with Crippen LogP contribution in [0.15, 0.2) is 60.3 Å². The number of aryl methyl sites for hydroxylation is 1. The lowest BCUT2D eigenvalue weighted by Gasteiger charge is -2.16. The number of carbonyl (C=O) groups excluding carboxylic acids is 1. The van der Waals surface area contributed by atoms with Gasteiger partial charge in [-0.1, -0.05) is 35.5 Å². The Morgan fingerprint density at radius 2 is 2.06 bits per heavy atom. The van der Waals surface area contributed by atoms with Gasteiger partial charge in [0.2, 0.25) is 5.91 Å². The lowest BCUT2D eigenvalue weighted by molar-refractivity contribution is -0.137. The van der Waals surface area contributed by atoms with Gasteiger partial charge in [0.25, 0.3) is 0 Å². The van der Waals surface area contributed by atoms with Crippen molar-refractivity contribution in [1.29, 1.82) is 0 Å². The lowest BCUT2D eigenvalue weighted by Crippen LogP contribution is -2.16. The van der Waals surface area contributed by atoms with Crippen molar-refractivity contribution in [3.8, 4) is 5.75 Å². The first-order valence-corrected chi connectivity index (χ1v) is 11.5. The van der Waals surface area contributed by atoms with E-state index < -0.39 is 23.8 Å². The van der Waals surface area contributed by atoms with Gasteiger partial charge in [0, 0.05) is 17.3 Å². The molecule has 0 saturated heterocycles. The van der Waals surface area contributed by atoms with Gasteiger partial charge >= 0.3 is 6.18 Å². The normalized spacial score (nSPS) is 12.3. The maximum Gasteiger partial charge on any atom is 0.416 e. The molecule has 3 aromatic rings. The Morgan fingerprint density at radius 1 is 1.29 bits per heavy atom. The predicted molar refractivity (Wildman–Crippen MR) is 126 cm³/mol. The van der Waals surface area contributed by atoms with Crippen molar-refractivity contribution in [3.63, 3.8) is 0 Å². The Balaban J connectivity index is 1.67. The number of hydrogen-bond donors (Lipinski definition) is 1. The van der Waals surface area contributed by atoms with Crippen molar-refractivity contribution in [1.82, 2.24) is 14.8 Å². The highest BCUT2D eigenvalue weighted by molar-refractivity contribution is 7.99. The largest absolute Gasteiger partial charge is 0.483 e. The molecule has 34 heavy (non-hydrogen) atoms. The number of alkyl halides is 3. The molecule has 0 fully saturated rings. The number of aromatic nitrogens is 3. The molecule has 1 N–H and O–H groups in total. The molecule has 0 aliphatic heterocycles. The smallest absolute Gasteiger partial charge is 0.416 e. The molecule has 1 heterocycles. The number of anilines is 1. The quantitative estimate of drug-likeness (QED) is 0.269. The Bertz CT molecular complexity index is 1180. The Hall–Kier alpha value is -2.98. The van der Waals surface area contributed by atoms with Crippen molar-refractivity contribution in [3.05, 3.63) is 77.1 Å². The maximum atomic E-state index is 12.9. The van der Waals surface area contributed by atoms with Crippen molar-refractivity contribution >= 4 is 35.0 Å². The van der Waals surface area contributed by atoms with Gasteiger partial charge < -0.3 is 10.1 Å². The van der Waals surface area contributed by atoms with Crippen LogP contribution < -0.4 is 10.1 Å². The van der Waals surface area contributed by atoms with E-state index >= 15 is 0 Å². The van der Waals surface area contributed by atoms with E-state index in [2.05, 4.69) is 22.1 Å². The van der Waals surface area contributed by atoms with Crippen LogP contribution in [0.5, 0.6) is 5.75 Å². The second kappa shape index (κ2) is 11.0. The Kier molecular flexibility index (Phi) is 8.27. The van der Waals surface area contributed by atoms with Gasteiger partial charge in [-0.05, 0) is 55.8 Å². The van der Waals surface area contributed by atoms with Gasteiger partial charge in [-0.2, -0.15) is 13.2 Å². The molecule has 1 aromatic heterocycles. The number of benzene rings is 2. The molecule has 2 aromatic carbocycles. The van der Waals surface area contributed by atoms with Crippen LogP contribution >= 0.6 is 23.4 Å². The zero-order valence-corrected chi connectivity index (χ0v) is 20.0. The summed E-state index contributed by atoms with van der Waals surface area (Å²) >= 11 is 7.17. The number of rotatable bonds is 9. The number of nitrogens with one attached hydrogen (secondary N) is 1. The molecule has 0 aliphatic carbocycles. The summed E-state index contributed by atoms with van der Waals surface area (Å²) in [5.74, 6) is 0.613. The Morgan fingerprint density at radius 3 is 2.74 bits per heavy atom. The summed E-state index contributed by atoms with van der Waals surface area (Å²) < 4.78 is 46.4. The molecule has 0 saturated carbocycles. The first kappa shape index (κ1) is 25.6. The van der Waals surface area contributed by atoms with Crippen molar-refractivity contribution < 1.29 is 22.7 Å². The number of halogens is 4. The van der Waals surface area contributed by atoms with Crippen LogP contribution in [0.2, 0.25) is 5.02 Å². The second-order valence-electron chi connectivity index (χ2n) is 7.33. The van der Waals surface area contributed by atoms with E-state index in [-0.39, 0.29) is 11.4 Å². The van der Waals surface area contributed by atoms with E-state index in [4.69, 9.17) is 16.3 Å². The highest BCUT2D eigenvalue weighted by Crippen LogP contribution is 2.31. The number of carbonyl (C=O) groups is 1. The van der Waals surface area contributed by atoms with E-state index in [9.17, 15) is 18.0 Å². The molecule has 0 bridgehead atoms. The molecule has 0 radical (unpaired) electrons. The summed E-state index contributed by atoms with van der Waals surface area (Å²) in [5, 5.41) is 11.9. The molecule has 180 valence electrons. The molecular weight excluding hydrogens is 489 g/mol. The summed E-state index contributed by atoms with van der Waals surface area (Å²) in [6.45, 7) is 7.83. The molecule has 3 rings (SSSR count). The van der Waals surface area contributed by atoms with Gasteiger partial charge in [0.05, 0.1) is 11.3 Å². The molecule has 0 aliphatic rings. The minimum atomic E-state index is -4.49. The standard InChI is InChI=1S/C23H22ClF3N4O2S/c1-4-10-31-21(15(3)33-18-8-9-19(24)14(2)11-18)29-30-22(31)34-13-20(32)28-17-7-5-6-16(12-17)23(25,26)27/h4-9,11-12,15H,1,10,13H2,2-3H3,(H,28,32). The van der Waals surface area contributed by atoms with Crippen molar-refractivity contribution in [2.75, 3.05) is 11.1 Å². The minimum absolute atomic E-state index is 0.0638. The summed E-state index contributed by atoms with van der Waals surface area (Å²) in [7, 11) is 0. The molecule has 11 heteroatoms. The number of nitrogens with zero attached hydrogens (tertiary/aromatic N) is 3. The second-order valence-corrected chi connectivity index (χ2v) is 8.68. The van der Waals surface area contributed by atoms with Crippen LogP contribution in [0.25, 0.3) is 0 Å². The number of allylic oxidation sites excluding steroid dienone is 1. The van der Waals surface area contributed by atoms with Crippen LogP contribution in [0.1, 0.15) is 30.0 Å². The van der Waals surface area contributed by atoms with Crippen LogP contribution in [0, 0.1) is 6.92 Å². The fourth-order valence-corrected chi connectivity index (χ4v) is 3.93. The van der Waals surface area contributed by atoms with Gasteiger partial charge in [-0.3, -0.25) is 9.36 Å². The first-order valence-electron chi connectivity index (χ1n) is 10.1. The highest BCUT2D eigenvalue weighted by atomic mass is 35.5. The summed E-state index contributed by atoms with van der Waals surface area (Å²) in [5.41, 5.74) is 0.106. The molecule has 0 spiro atoms. The fraction of sp³-hybridized carbons (Fsp3) is 0.261. The third kappa shape index (κ3) is 6.54. The van der Waals surface area contributed by atoms with E-state index in [0.717, 1.165) is 29.5 Å². The van der Waals surface area contributed by atoms with Crippen LogP contribution in [0.3, 0.4) is 0 Å². The Labute approximate surface area is 204 Å². The van der Waals surface area contributed by atoms with E-state index in [1.54, 1.807) is 22.8 Å². The van der Waals surface area contributed by atoms with Crippen LogP contribution in [-0.2, 0) is 17.5 Å². The van der Waals surface area contributed by atoms with Crippen molar-refractivity contribution in [2.45, 2.75) is 37.8 Å². The summed E-state index contributed by atoms with van der Waals surface area (Å²) in [6.07, 6.45) is -3.28. The lowest BCUT2D eigenvalue weighted by atomic mass is 10.2. The van der Waals surface area contributed by atoms with E-state index in [1.165, 1.54) is 12.1 Å². The summed E-state index contributed by atoms with van der Waals surface area (Å²) in [4.78, 5) is 12.3. The van der Waals surface area contributed by atoms with Gasteiger partial charge in [-0.25, -0.2) is 0 Å². The molecule has 1 amide bonds. The minimum Gasteiger partial charge on any atom is -0.483 e. The van der Waals surface area contributed by atoms with E-state index in [1.807, 2.05) is 19.9 Å². The van der Waals surface area contributed by atoms with Crippen molar-refractivity contribution in [2.24, 2.45) is 0 Å². The maximum absolute atomic E-state index is 12.9. The van der Waals surface area contributed by atoms with E-state index in [0.29, 0.717) is 28.3 Å². The molecule has 1 atom stereocenters. The number of thioether (sulfide) groups is 1. The number of ether oxygens (including phenoxy) is 1. The highest BCUT2D eigenvalue weighted by Gasteiger charge is 2.30. The van der Waals surface area contributed by atoms with Gasteiger partial charge in [-0.15, -0.1) is 16.8 Å². The zero-order chi connectivity index (χ0) is 24.9. The zero-order valence-electron chi connectivity index (χ0n) is 18.4. The average Bonchev–Trinajstić information content (AvgIpc) is 3.17. The first-order chi connectivity index (χ1) is 16.1. The third-order valence-electron chi connectivity index (χ3n) is 4.67. The van der Waals surface area contributed by atoms with Crippen LogP contribution in [-0.4, -0.2) is 26.4 Å². The predicted octanol–water partition coefficient (Wildman–Crippen LogP) is 6.32. The number of amides is 1. The average molecular weight is 511 g/mol. The SMILES string of the molecule is C=CCn1c(SCC(=O)Nc2cccc(C(F)(F)F)c2)nnc1C(C)Oc1ccc(Cl)c(C)c1. The molecule has 1 unspecified atom stereocenters. The molecule has 6 nitrogen and oxygen atoms in total. The van der Waals surface area contributed by atoms with Gasteiger partial charge in [0.1, 0.15) is 5.75 Å². The fourth-order valence-electron chi connectivity index (χ4n) is 3.06. The third-order valence-corrected chi connectivity index (χ3v) is 6.06. The summed E-state index contributed by atoms with van der Waals surface area (Å²) in [6, 6.07) is 9.79. The topological polar surface area (TPSA) is 69.0 Å². The number of hydrogen-bond acceptors (Lipinski definition) is 5.